The number of aromatic nitrogens is 2. The van der Waals surface area contributed by atoms with Gasteiger partial charge in [-0.3, -0.25) is 14.5 Å². The number of ketones is 1. The maximum atomic E-state index is 13.9. The van der Waals surface area contributed by atoms with Gasteiger partial charge in [-0.05, 0) is 54.8 Å². The summed E-state index contributed by atoms with van der Waals surface area (Å²) in [5.41, 5.74) is 2.16. The van der Waals surface area contributed by atoms with E-state index in [0.29, 0.717) is 33.8 Å². The van der Waals surface area contributed by atoms with E-state index in [-0.39, 0.29) is 28.3 Å². The molecule has 1 unspecified atom stereocenters. The Balaban J connectivity index is 1.76. The zero-order valence-electron chi connectivity index (χ0n) is 20.9. The Bertz CT molecular complexity index is 1620. The first kappa shape index (κ1) is 24.9. The van der Waals surface area contributed by atoms with Crippen LogP contribution in [0.4, 0.5) is 14.7 Å². The highest BCUT2D eigenvalue weighted by molar-refractivity contribution is 6.51. The van der Waals surface area contributed by atoms with Gasteiger partial charge in [0.05, 0.1) is 36.9 Å². The van der Waals surface area contributed by atoms with Crippen LogP contribution in [0.5, 0.6) is 11.5 Å². The highest BCUT2D eigenvalue weighted by atomic mass is 19.2. The Hall–Kier alpha value is -4.73. The molecule has 0 bridgehead atoms. The van der Waals surface area contributed by atoms with Crippen molar-refractivity contribution in [2.24, 2.45) is 0 Å². The SMILES string of the molecule is COc1cccc(C2/C(=C(\O)c3cc(C)c(OC)cc3C)C(=O)C(=O)N2c2nc3cc(F)c(F)cc3[nH]2)c1. The van der Waals surface area contributed by atoms with Crippen LogP contribution < -0.4 is 14.4 Å². The lowest BCUT2D eigenvalue weighted by Crippen LogP contribution is -2.30. The Morgan fingerprint density at radius 1 is 1.00 bits per heavy atom. The number of methoxy groups -OCH3 is 2. The number of nitrogens with one attached hydrogen (secondary N) is 1. The summed E-state index contributed by atoms with van der Waals surface area (Å²) in [6, 6.07) is 10.8. The summed E-state index contributed by atoms with van der Waals surface area (Å²) < 4.78 is 38.4. The molecule has 10 heteroatoms. The molecule has 0 saturated carbocycles. The number of fused-ring (bicyclic) bond motifs is 1. The number of carbonyl (C=O) groups excluding carboxylic acids is 2. The van der Waals surface area contributed by atoms with E-state index in [2.05, 4.69) is 9.97 Å². The molecule has 38 heavy (non-hydrogen) atoms. The van der Waals surface area contributed by atoms with Crippen LogP contribution in [0.2, 0.25) is 0 Å². The summed E-state index contributed by atoms with van der Waals surface area (Å²) in [6.45, 7) is 3.54. The molecule has 5 rings (SSSR count). The number of imidazole rings is 1. The number of nitrogens with zero attached hydrogens (tertiary/aromatic N) is 2. The fourth-order valence-corrected chi connectivity index (χ4v) is 4.69. The van der Waals surface area contributed by atoms with E-state index in [9.17, 15) is 23.5 Å². The monoisotopic (exact) mass is 519 g/mol. The first-order chi connectivity index (χ1) is 18.1. The fourth-order valence-electron chi connectivity index (χ4n) is 4.69. The Kier molecular flexibility index (Phi) is 6.10. The number of carbonyl (C=O) groups is 2. The lowest BCUT2D eigenvalue weighted by molar-refractivity contribution is -0.132. The average Bonchev–Trinajstić information content (AvgIpc) is 3.42. The van der Waals surface area contributed by atoms with Gasteiger partial charge in [0, 0.05) is 17.7 Å². The number of rotatable bonds is 5. The molecule has 2 N–H and O–H groups in total. The van der Waals surface area contributed by atoms with Crippen LogP contribution in [-0.4, -0.2) is 41.0 Å². The maximum absolute atomic E-state index is 13.9. The van der Waals surface area contributed by atoms with Crippen molar-refractivity contribution < 1.29 is 33.0 Å². The molecular weight excluding hydrogens is 496 g/mol. The summed E-state index contributed by atoms with van der Waals surface area (Å²) in [6.07, 6.45) is 0. The number of hydrogen-bond acceptors (Lipinski definition) is 6. The lowest BCUT2D eigenvalue weighted by atomic mass is 9.93. The van der Waals surface area contributed by atoms with E-state index in [1.807, 2.05) is 0 Å². The van der Waals surface area contributed by atoms with Crippen molar-refractivity contribution >= 4 is 34.4 Å². The van der Waals surface area contributed by atoms with Gasteiger partial charge in [0.2, 0.25) is 5.95 Å². The van der Waals surface area contributed by atoms with Crippen molar-refractivity contribution in [3.8, 4) is 11.5 Å². The molecule has 1 aliphatic rings. The molecule has 8 nitrogen and oxygen atoms in total. The van der Waals surface area contributed by atoms with E-state index >= 15 is 0 Å². The molecule has 3 aromatic carbocycles. The Morgan fingerprint density at radius 3 is 2.45 bits per heavy atom. The highest BCUT2D eigenvalue weighted by Gasteiger charge is 2.48. The minimum Gasteiger partial charge on any atom is -0.507 e. The van der Waals surface area contributed by atoms with Crippen LogP contribution in [-0.2, 0) is 9.59 Å². The van der Waals surface area contributed by atoms with Gasteiger partial charge in [-0.1, -0.05) is 12.1 Å². The number of benzene rings is 3. The highest BCUT2D eigenvalue weighted by Crippen LogP contribution is 2.43. The zero-order valence-corrected chi connectivity index (χ0v) is 20.9. The lowest BCUT2D eigenvalue weighted by Gasteiger charge is -2.23. The molecule has 2 heterocycles. The van der Waals surface area contributed by atoms with E-state index in [1.165, 1.54) is 14.2 Å². The minimum absolute atomic E-state index is 0.0619. The van der Waals surface area contributed by atoms with Gasteiger partial charge < -0.3 is 19.6 Å². The van der Waals surface area contributed by atoms with Gasteiger partial charge in [0.1, 0.15) is 17.3 Å². The van der Waals surface area contributed by atoms with Crippen molar-refractivity contribution in [1.29, 1.82) is 0 Å². The number of aliphatic hydroxyl groups excluding tert-OH is 1. The summed E-state index contributed by atoms with van der Waals surface area (Å²) in [7, 11) is 3.00. The zero-order chi connectivity index (χ0) is 27.3. The second-order valence-corrected chi connectivity index (χ2v) is 8.93. The van der Waals surface area contributed by atoms with Crippen molar-refractivity contribution in [3.05, 3.63) is 88.0 Å². The van der Waals surface area contributed by atoms with Gasteiger partial charge in [0.15, 0.2) is 11.6 Å². The van der Waals surface area contributed by atoms with Crippen LogP contribution in [0.3, 0.4) is 0 Å². The van der Waals surface area contributed by atoms with E-state index in [4.69, 9.17) is 9.47 Å². The van der Waals surface area contributed by atoms with E-state index in [0.717, 1.165) is 17.0 Å². The standard InChI is InChI=1S/C28H23F2N3O5/c1-13-9-22(38-4)14(2)8-17(13)25(34)23-24(15-6-5-7-16(10-15)37-3)33(27(36)26(23)35)28-31-20-11-18(29)19(30)12-21(20)32-28/h5-12,24,34H,1-4H3,(H,31,32)/b25-23+. The first-order valence-electron chi connectivity index (χ1n) is 11.6. The number of aliphatic hydroxyl groups is 1. The van der Waals surface area contributed by atoms with Crippen LogP contribution >= 0.6 is 0 Å². The van der Waals surface area contributed by atoms with Gasteiger partial charge >= 0.3 is 5.91 Å². The third kappa shape index (κ3) is 3.94. The molecule has 1 fully saturated rings. The largest absolute Gasteiger partial charge is 0.507 e. The van der Waals surface area contributed by atoms with Crippen LogP contribution in [0.1, 0.15) is 28.3 Å². The first-order valence-corrected chi connectivity index (χ1v) is 11.6. The van der Waals surface area contributed by atoms with Crippen LogP contribution in [0.25, 0.3) is 16.8 Å². The number of anilines is 1. The van der Waals surface area contributed by atoms with E-state index < -0.39 is 29.4 Å². The van der Waals surface area contributed by atoms with Crippen molar-refractivity contribution in [3.63, 3.8) is 0 Å². The molecule has 194 valence electrons. The smallest absolute Gasteiger partial charge is 0.302 e. The molecular formula is C28H23F2N3O5. The fraction of sp³-hybridized carbons (Fsp3) is 0.179. The number of halogens is 2. The molecule has 0 radical (unpaired) electrons. The third-order valence-electron chi connectivity index (χ3n) is 6.59. The van der Waals surface area contributed by atoms with Gasteiger partial charge in [-0.15, -0.1) is 0 Å². The molecule has 0 aliphatic carbocycles. The Labute approximate surface area is 216 Å². The molecule has 1 amide bonds. The summed E-state index contributed by atoms with van der Waals surface area (Å²) >= 11 is 0. The van der Waals surface area contributed by atoms with Gasteiger partial charge in [0.25, 0.3) is 5.78 Å². The van der Waals surface area contributed by atoms with Gasteiger partial charge in [-0.2, -0.15) is 0 Å². The number of H-pyrrole nitrogens is 1. The van der Waals surface area contributed by atoms with Crippen molar-refractivity contribution in [1.82, 2.24) is 9.97 Å². The third-order valence-corrected chi connectivity index (χ3v) is 6.59. The number of hydrogen-bond donors (Lipinski definition) is 2. The Morgan fingerprint density at radius 2 is 1.74 bits per heavy atom. The summed E-state index contributed by atoms with van der Waals surface area (Å²) in [5, 5.41) is 11.5. The molecule has 1 saturated heterocycles. The van der Waals surface area contributed by atoms with Crippen LogP contribution in [0, 0.1) is 25.5 Å². The minimum atomic E-state index is -1.12. The molecule has 1 aliphatic heterocycles. The predicted octanol–water partition coefficient (Wildman–Crippen LogP) is 5.10. The van der Waals surface area contributed by atoms with Crippen molar-refractivity contribution in [2.75, 3.05) is 19.1 Å². The second-order valence-electron chi connectivity index (χ2n) is 8.93. The molecule has 1 atom stereocenters. The second kappa shape index (κ2) is 9.29. The molecule has 0 spiro atoms. The normalized spacial score (nSPS) is 16.9. The van der Waals surface area contributed by atoms with Crippen molar-refractivity contribution in [2.45, 2.75) is 19.9 Å². The maximum Gasteiger partial charge on any atom is 0.302 e. The van der Waals surface area contributed by atoms with Crippen LogP contribution in [0.15, 0.2) is 54.1 Å². The van der Waals surface area contributed by atoms with E-state index in [1.54, 1.807) is 50.2 Å². The molecule has 4 aromatic rings. The predicted molar refractivity (Wildman–Crippen MR) is 136 cm³/mol. The number of Topliss-reactive ketones (excluding diaryl/α,β-unsaturated/α-hetero) is 1. The number of ether oxygens (including phenoxy) is 2. The quantitative estimate of drug-likeness (QED) is 0.216. The number of aryl methyl sites for hydroxylation is 2. The number of aromatic amines is 1. The topological polar surface area (TPSA) is 105 Å². The summed E-state index contributed by atoms with van der Waals surface area (Å²) in [4.78, 5) is 35.0. The van der Waals surface area contributed by atoms with Gasteiger partial charge in [-0.25, -0.2) is 13.8 Å². The average molecular weight is 520 g/mol. The summed E-state index contributed by atoms with van der Waals surface area (Å²) in [5.74, 6) is -3.54. The molecule has 1 aromatic heterocycles. The number of amides is 1.